The summed E-state index contributed by atoms with van der Waals surface area (Å²) in [5.74, 6) is 0.293. The average molecular weight is 549 g/mol. The van der Waals surface area contributed by atoms with Crippen LogP contribution in [0.2, 0.25) is 0 Å². The van der Waals surface area contributed by atoms with E-state index in [4.69, 9.17) is 9.72 Å². The van der Waals surface area contributed by atoms with Crippen molar-refractivity contribution in [3.63, 3.8) is 0 Å². The molecular weight excluding hydrogens is 527 g/mol. The van der Waals surface area contributed by atoms with Crippen molar-refractivity contribution in [1.29, 1.82) is 0 Å². The Morgan fingerprint density at radius 1 is 1.17 bits per heavy atom. The zero-order chi connectivity index (χ0) is 25.4. The Morgan fingerprint density at radius 2 is 2.00 bits per heavy atom. The van der Waals surface area contributed by atoms with E-state index in [1.807, 2.05) is 19.9 Å². The van der Waals surface area contributed by atoms with Gasteiger partial charge in [-0.05, 0) is 49.7 Å². The fourth-order valence-corrected chi connectivity index (χ4v) is 4.51. The molecule has 5 rings (SSSR count). The molecule has 1 amide bonds. The van der Waals surface area contributed by atoms with Crippen molar-refractivity contribution in [1.82, 2.24) is 30.5 Å². The van der Waals surface area contributed by atoms with Crippen molar-refractivity contribution in [3.05, 3.63) is 81.5 Å². The Labute approximate surface area is 214 Å². The number of aromatic nitrogens is 5. The van der Waals surface area contributed by atoms with E-state index in [2.05, 4.69) is 41.4 Å². The van der Waals surface area contributed by atoms with Gasteiger partial charge >= 0.3 is 0 Å². The van der Waals surface area contributed by atoms with Gasteiger partial charge in [0.2, 0.25) is 0 Å². The average Bonchev–Trinajstić information content (AvgIpc) is 3.44. The zero-order valence-corrected chi connectivity index (χ0v) is 21.3. The number of rotatable bonds is 6. The van der Waals surface area contributed by atoms with Crippen LogP contribution >= 0.6 is 15.9 Å². The molecule has 0 bridgehead atoms. The summed E-state index contributed by atoms with van der Waals surface area (Å²) in [7, 11) is 1.49. The van der Waals surface area contributed by atoms with E-state index in [1.165, 1.54) is 13.2 Å². The molecule has 5 aromatic rings. The number of benzene rings is 2. The number of hydrogen-bond donors (Lipinski definition) is 3. The van der Waals surface area contributed by atoms with Crippen molar-refractivity contribution in [2.75, 3.05) is 7.11 Å². The molecule has 0 unspecified atom stereocenters. The summed E-state index contributed by atoms with van der Waals surface area (Å²) >= 11 is 3.36. The number of aromatic amines is 2. The van der Waals surface area contributed by atoms with Crippen LogP contribution in [0.25, 0.3) is 33.7 Å². The number of hydrogen-bond acceptors (Lipinski definition) is 5. The minimum absolute atomic E-state index is 0.0258. The van der Waals surface area contributed by atoms with E-state index in [1.54, 1.807) is 36.5 Å². The lowest BCUT2D eigenvalue weighted by Crippen LogP contribution is -2.24. The summed E-state index contributed by atoms with van der Waals surface area (Å²) in [6.07, 6.45) is 1.66. The minimum Gasteiger partial charge on any atom is -0.496 e. The standard InChI is InChI=1S/C26H22BrFN6O2/c1-13-22(14(2)34-33-13)24-31-23-18(8-9-29-25(23)32-24)15-4-5-16(20(28)10-15)12-30-26(35)19-11-17(27)6-7-21(19)36-3/h4-11H,12H2,1-3H3,(H,30,35)(H,33,34)(H,29,31,32). The predicted molar refractivity (Wildman–Crippen MR) is 138 cm³/mol. The van der Waals surface area contributed by atoms with Gasteiger partial charge in [-0.2, -0.15) is 5.10 Å². The number of amides is 1. The molecule has 0 aliphatic rings. The Balaban J connectivity index is 1.41. The van der Waals surface area contributed by atoms with Gasteiger partial charge in [-0.1, -0.05) is 28.1 Å². The molecular formula is C26H22BrFN6O2. The third kappa shape index (κ3) is 4.35. The zero-order valence-electron chi connectivity index (χ0n) is 19.7. The van der Waals surface area contributed by atoms with Crippen LogP contribution in [0.15, 0.2) is 53.1 Å². The second-order valence-electron chi connectivity index (χ2n) is 8.28. The molecule has 0 saturated carbocycles. The monoisotopic (exact) mass is 548 g/mol. The maximum atomic E-state index is 15.1. The number of aryl methyl sites for hydroxylation is 2. The van der Waals surface area contributed by atoms with Crippen LogP contribution in [0.5, 0.6) is 5.75 Å². The Bertz CT molecular complexity index is 1590. The van der Waals surface area contributed by atoms with Crippen molar-refractivity contribution < 1.29 is 13.9 Å². The number of nitrogens with one attached hydrogen (secondary N) is 3. The van der Waals surface area contributed by atoms with Gasteiger partial charge in [0.1, 0.15) is 22.9 Å². The van der Waals surface area contributed by atoms with Gasteiger partial charge in [-0.15, -0.1) is 0 Å². The lowest BCUT2D eigenvalue weighted by molar-refractivity contribution is 0.0947. The molecule has 182 valence electrons. The van der Waals surface area contributed by atoms with Crippen molar-refractivity contribution in [2.24, 2.45) is 0 Å². The molecule has 36 heavy (non-hydrogen) atoms. The van der Waals surface area contributed by atoms with E-state index >= 15 is 4.39 Å². The number of imidazole rings is 1. The van der Waals surface area contributed by atoms with Gasteiger partial charge in [-0.25, -0.2) is 14.4 Å². The molecule has 0 radical (unpaired) electrons. The second kappa shape index (κ2) is 9.54. The van der Waals surface area contributed by atoms with Gasteiger partial charge < -0.3 is 15.0 Å². The van der Waals surface area contributed by atoms with Crippen LogP contribution in [0, 0.1) is 19.7 Å². The molecule has 3 N–H and O–H groups in total. The number of fused-ring (bicyclic) bond motifs is 1. The fourth-order valence-electron chi connectivity index (χ4n) is 4.15. The number of methoxy groups -OCH3 is 1. The fraction of sp³-hybridized carbons (Fsp3) is 0.154. The van der Waals surface area contributed by atoms with E-state index < -0.39 is 5.82 Å². The van der Waals surface area contributed by atoms with Gasteiger partial charge in [0.05, 0.1) is 23.9 Å². The topological polar surface area (TPSA) is 109 Å². The number of ether oxygens (including phenoxy) is 1. The highest BCUT2D eigenvalue weighted by Crippen LogP contribution is 2.31. The Kier molecular flexibility index (Phi) is 6.27. The lowest BCUT2D eigenvalue weighted by Gasteiger charge is -2.11. The first-order chi connectivity index (χ1) is 17.4. The maximum absolute atomic E-state index is 15.1. The normalized spacial score (nSPS) is 11.1. The lowest BCUT2D eigenvalue weighted by atomic mass is 10.0. The molecule has 8 nitrogen and oxygen atoms in total. The van der Waals surface area contributed by atoms with Crippen LogP contribution < -0.4 is 10.1 Å². The Morgan fingerprint density at radius 3 is 2.72 bits per heavy atom. The molecule has 0 fully saturated rings. The first-order valence-electron chi connectivity index (χ1n) is 11.1. The number of pyridine rings is 1. The molecule has 0 aliphatic heterocycles. The third-order valence-corrected chi connectivity index (χ3v) is 6.45. The molecule has 0 spiro atoms. The molecule has 0 atom stereocenters. The number of H-pyrrole nitrogens is 2. The highest BCUT2D eigenvalue weighted by molar-refractivity contribution is 9.10. The van der Waals surface area contributed by atoms with Crippen LogP contribution in [0.3, 0.4) is 0 Å². The number of carbonyl (C=O) groups is 1. The number of carbonyl (C=O) groups excluding carboxylic acids is 1. The van der Waals surface area contributed by atoms with E-state index in [9.17, 15) is 4.79 Å². The Hall–Kier alpha value is -4.05. The number of halogens is 2. The molecule has 2 aromatic carbocycles. The van der Waals surface area contributed by atoms with Crippen LogP contribution in [0.1, 0.15) is 27.3 Å². The molecule has 3 aromatic heterocycles. The van der Waals surface area contributed by atoms with E-state index in [0.717, 1.165) is 27.0 Å². The smallest absolute Gasteiger partial charge is 0.255 e. The van der Waals surface area contributed by atoms with Gasteiger partial charge in [-0.3, -0.25) is 9.89 Å². The highest BCUT2D eigenvalue weighted by Gasteiger charge is 2.18. The predicted octanol–water partition coefficient (Wildman–Crippen LogP) is 5.47. The molecule has 0 aliphatic carbocycles. The molecule has 0 saturated heterocycles. The first-order valence-corrected chi connectivity index (χ1v) is 11.9. The second-order valence-corrected chi connectivity index (χ2v) is 9.20. The third-order valence-electron chi connectivity index (χ3n) is 5.96. The van der Waals surface area contributed by atoms with Crippen molar-refractivity contribution in [3.8, 4) is 28.3 Å². The van der Waals surface area contributed by atoms with E-state index in [-0.39, 0.29) is 12.5 Å². The SMILES string of the molecule is COc1ccc(Br)cc1C(=O)NCc1ccc(-c2ccnc3[nH]c(-c4c(C)n[nH]c4C)nc23)cc1F. The summed E-state index contributed by atoms with van der Waals surface area (Å²) in [6.45, 7) is 3.86. The first kappa shape index (κ1) is 23.7. The van der Waals surface area contributed by atoms with E-state index in [0.29, 0.717) is 39.4 Å². The van der Waals surface area contributed by atoms with Crippen molar-refractivity contribution >= 4 is 33.0 Å². The maximum Gasteiger partial charge on any atom is 0.255 e. The highest BCUT2D eigenvalue weighted by atomic mass is 79.9. The van der Waals surface area contributed by atoms with Gasteiger partial charge in [0.25, 0.3) is 5.91 Å². The van der Waals surface area contributed by atoms with Crippen LogP contribution in [0.4, 0.5) is 4.39 Å². The van der Waals surface area contributed by atoms with Crippen LogP contribution in [-0.4, -0.2) is 38.2 Å². The summed E-state index contributed by atoms with van der Waals surface area (Å²) < 4.78 is 21.1. The minimum atomic E-state index is -0.434. The number of nitrogens with zero attached hydrogens (tertiary/aromatic N) is 3. The van der Waals surface area contributed by atoms with Crippen molar-refractivity contribution in [2.45, 2.75) is 20.4 Å². The summed E-state index contributed by atoms with van der Waals surface area (Å²) in [5, 5.41) is 9.95. The summed E-state index contributed by atoms with van der Waals surface area (Å²) in [5.41, 5.74) is 5.96. The van der Waals surface area contributed by atoms with Gasteiger partial charge in [0.15, 0.2) is 5.65 Å². The quantitative estimate of drug-likeness (QED) is 0.260. The largest absolute Gasteiger partial charge is 0.496 e. The summed E-state index contributed by atoms with van der Waals surface area (Å²) in [6, 6.07) is 11.8. The van der Waals surface area contributed by atoms with Crippen LogP contribution in [-0.2, 0) is 6.54 Å². The van der Waals surface area contributed by atoms with Gasteiger partial charge in [0, 0.05) is 34.0 Å². The molecule has 3 heterocycles. The summed E-state index contributed by atoms with van der Waals surface area (Å²) in [4.78, 5) is 25.1. The molecule has 10 heteroatoms.